The molecule has 7 heavy (non-hydrogen) atoms. The van der Waals surface area contributed by atoms with E-state index in [9.17, 15) is 0 Å². The highest BCUT2D eigenvalue weighted by Crippen LogP contribution is 1.89. The van der Waals surface area contributed by atoms with Gasteiger partial charge in [-0.3, -0.25) is 0 Å². The predicted octanol–water partition coefficient (Wildman–Crippen LogP) is 0.797. The molecule has 2 nitrogen and oxygen atoms in total. The third-order valence-corrected chi connectivity index (χ3v) is 0.716. The van der Waals surface area contributed by atoms with E-state index in [2.05, 4.69) is 0 Å². The van der Waals surface area contributed by atoms with Gasteiger partial charge >= 0.3 is 0 Å². The van der Waals surface area contributed by atoms with Crippen LogP contribution < -0.4 is 5.73 Å². The van der Waals surface area contributed by atoms with Gasteiger partial charge in [-0.1, -0.05) is 6.92 Å². The third kappa shape index (κ3) is 3.33. The van der Waals surface area contributed by atoms with E-state index in [0.717, 1.165) is 0 Å². The maximum atomic E-state index is 8.64. The first kappa shape index (κ1) is 6.50. The van der Waals surface area contributed by atoms with Gasteiger partial charge in [-0.15, -0.1) is 0 Å². The molecule has 0 aromatic heterocycles. The standard InChI is InChI=1S/C5H11NO/c1-2-5(7)3-4-6/h3,7H,2,4,6H2,1H3/b5-3-. The van der Waals surface area contributed by atoms with Crippen LogP contribution in [0.25, 0.3) is 0 Å². The first-order valence-electron chi connectivity index (χ1n) is 2.39. The van der Waals surface area contributed by atoms with Crippen molar-refractivity contribution in [3.05, 3.63) is 11.8 Å². The van der Waals surface area contributed by atoms with Gasteiger partial charge in [-0.2, -0.15) is 0 Å². The Bertz CT molecular complexity index is 68.5. The van der Waals surface area contributed by atoms with Gasteiger partial charge in [0, 0.05) is 13.0 Å². The molecule has 0 aliphatic heterocycles. The summed E-state index contributed by atoms with van der Waals surface area (Å²) in [5.41, 5.74) is 5.07. The lowest BCUT2D eigenvalue weighted by Crippen LogP contribution is -1.94. The predicted molar refractivity (Wildman–Crippen MR) is 30.1 cm³/mol. The fourth-order valence-corrected chi connectivity index (χ4v) is 0.280. The number of aliphatic hydroxyl groups is 1. The number of aliphatic hydroxyl groups excluding tert-OH is 1. The Morgan fingerprint density at radius 3 is 2.57 bits per heavy atom. The van der Waals surface area contributed by atoms with Gasteiger partial charge in [-0.25, -0.2) is 0 Å². The summed E-state index contributed by atoms with van der Waals surface area (Å²) in [5, 5.41) is 8.64. The third-order valence-electron chi connectivity index (χ3n) is 0.716. The molecule has 0 radical (unpaired) electrons. The molecule has 0 bridgehead atoms. The molecule has 0 aliphatic rings. The number of nitrogens with two attached hydrogens (primary N) is 1. The van der Waals surface area contributed by atoms with Gasteiger partial charge in [-0.05, 0) is 6.08 Å². The van der Waals surface area contributed by atoms with Crippen LogP contribution in [0.2, 0.25) is 0 Å². The Morgan fingerprint density at radius 2 is 2.43 bits per heavy atom. The second-order valence-electron chi connectivity index (χ2n) is 1.28. The molecule has 0 spiro atoms. The molecule has 0 aromatic rings. The van der Waals surface area contributed by atoms with Crippen LogP contribution in [0.15, 0.2) is 11.8 Å². The summed E-state index contributed by atoms with van der Waals surface area (Å²) >= 11 is 0. The van der Waals surface area contributed by atoms with E-state index in [1.807, 2.05) is 6.92 Å². The molecule has 0 saturated heterocycles. The van der Waals surface area contributed by atoms with Gasteiger partial charge in [0.2, 0.25) is 0 Å². The normalized spacial score (nSPS) is 12.0. The molecule has 0 atom stereocenters. The number of allylic oxidation sites excluding steroid dienone is 1. The van der Waals surface area contributed by atoms with Crippen molar-refractivity contribution in [3.8, 4) is 0 Å². The summed E-state index contributed by atoms with van der Waals surface area (Å²) in [6.07, 6.45) is 2.28. The molecule has 0 heterocycles. The molecule has 0 saturated carbocycles. The van der Waals surface area contributed by atoms with Crippen LogP contribution in [0.3, 0.4) is 0 Å². The summed E-state index contributed by atoms with van der Waals surface area (Å²) in [5.74, 6) is 0.377. The Balaban J connectivity index is 3.29. The Labute approximate surface area is 43.6 Å². The van der Waals surface area contributed by atoms with Gasteiger partial charge < -0.3 is 10.8 Å². The maximum absolute atomic E-state index is 8.64. The van der Waals surface area contributed by atoms with Crippen molar-refractivity contribution in [2.75, 3.05) is 6.54 Å². The van der Waals surface area contributed by atoms with Gasteiger partial charge in [0.15, 0.2) is 0 Å². The van der Waals surface area contributed by atoms with Crippen LogP contribution >= 0.6 is 0 Å². The number of hydrogen-bond acceptors (Lipinski definition) is 2. The van der Waals surface area contributed by atoms with Gasteiger partial charge in [0.05, 0.1) is 5.76 Å². The van der Waals surface area contributed by atoms with Crippen LogP contribution in [-0.4, -0.2) is 11.7 Å². The van der Waals surface area contributed by atoms with E-state index < -0.39 is 0 Å². The molecule has 2 heteroatoms. The van der Waals surface area contributed by atoms with Crippen LogP contribution in [0.4, 0.5) is 0 Å². The van der Waals surface area contributed by atoms with E-state index in [1.165, 1.54) is 0 Å². The first-order chi connectivity index (χ1) is 3.31. The zero-order valence-electron chi connectivity index (χ0n) is 4.52. The molecule has 0 aromatic carbocycles. The Hall–Kier alpha value is -0.500. The van der Waals surface area contributed by atoms with Gasteiger partial charge in [0.1, 0.15) is 0 Å². The first-order valence-corrected chi connectivity index (χ1v) is 2.39. The lowest BCUT2D eigenvalue weighted by atomic mass is 10.4. The highest BCUT2D eigenvalue weighted by atomic mass is 16.3. The van der Waals surface area contributed by atoms with Crippen molar-refractivity contribution in [1.82, 2.24) is 0 Å². The minimum atomic E-state index is 0.377. The van der Waals surface area contributed by atoms with E-state index >= 15 is 0 Å². The molecule has 0 unspecified atom stereocenters. The van der Waals surface area contributed by atoms with Crippen LogP contribution in [0.5, 0.6) is 0 Å². The van der Waals surface area contributed by atoms with Crippen LogP contribution in [0, 0.1) is 0 Å². The summed E-state index contributed by atoms with van der Waals surface area (Å²) in [7, 11) is 0. The fraction of sp³-hybridized carbons (Fsp3) is 0.600. The minimum absolute atomic E-state index is 0.377. The summed E-state index contributed by atoms with van der Waals surface area (Å²) in [4.78, 5) is 0. The molecule has 3 N–H and O–H groups in total. The zero-order chi connectivity index (χ0) is 5.70. The topological polar surface area (TPSA) is 46.2 Å². The molecule has 0 rings (SSSR count). The second kappa shape index (κ2) is 3.68. The van der Waals surface area contributed by atoms with Crippen LogP contribution in [-0.2, 0) is 0 Å². The largest absolute Gasteiger partial charge is 0.513 e. The molecule has 0 amide bonds. The van der Waals surface area contributed by atoms with Crippen molar-refractivity contribution >= 4 is 0 Å². The van der Waals surface area contributed by atoms with Crippen molar-refractivity contribution in [1.29, 1.82) is 0 Å². The van der Waals surface area contributed by atoms with Crippen molar-refractivity contribution in [2.24, 2.45) is 5.73 Å². The quantitative estimate of drug-likeness (QED) is 0.505. The lowest BCUT2D eigenvalue weighted by Gasteiger charge is -1.88. The highest BCUT2D eigenvalue weighted by Gasteiger charge is 1.80. The monoisotopic (exact) mass is 101 g/mol. The van der Waals surface area contributed by atoms with E-state index in [4.69, 9.17) is 10.8 Å². The smallest absolute Gasteiger partial charge is 0.0892 e. The van der Waals surface area contributed by atoms with Crippen molar-refractivity contribution in [2.45, 2.75) is 13.3 Å². The van der Waals surface area contributed by atoms with Crippen LogP contribution in [0.1, 0.15) is 13.3 Å². The van der Waals surface area contributed by atoms with Crippen molar-refractivity contribution < 1.29 is 5.11 Å². The van der Waals surface area contributed by atoms with Gasteiger partial charge in [0.25, 0.3) is 0 Å². The maximum Gasteiger partial charge on any atom is 0.0892 e. The average Bonchev–Trinajstić information content (AvgIpc) is 1.68. The zero-order valence-corrected chi connectivity index (χ0v) is 4.52. The molecular formula is C5H11NO. The Morgan fingerprint density at radius 1 is 1.86 bits per heavy atom. The summed E-state index contributed by atoms with van der Waals surface area (Å²) < 4.78 is 0. The molecule has 0 aliphatic carbocycles. The molecule has 42 valence electrons. The second-order valence-corrected chi connectivity index (χ2v) is 1.28. The Kier molecular flexibility index (Phi) is 3.42. The molecular weight excluding hydrogens is 90.1 g/mol. The number of hydrogen-bond donors (Lipinski definition) is 2. The van der Waals surface area contributed by atoms with Crippen molar-refractivity contribution in [3.63, 3.8) is 0 Å². The van der Waals surface area contributed by atoms with E-state index in [1.54, 1.807) is 6.08 Å². The fourth-order valence-electron chi connectivity index (χ4n) is 0.280. The SMILES string of the molecule is CC/C(O)=C/CN. The average molecular weight is 101 g/mol. The minimum Gasteiger partial charge on any atom is -0.513 e. The highest BCUT2D eigenvalue weighted by molar-refractivity contribution is 4.89. The summed E-state index contributed by atoms with van der Waals surface area (Å²) in [6, 6.07) is 0. The number of rotatable bonds is 2. The molecule has 0 fully saturated rings. The van der Waals surface area contributed by atoms with E-state index in [-0.39, 0.29) is 0 Å². The van der Waals surface area contributed by atoms with E-state index in [0.29, 0.717) is 18.7 Å². The summed E-state index contributed by atoms with van der Waals surface area (Å²) in [6.45, 7) is 2.31. The lowest BCUT2D eigenvalue weighted by molar-refractivity contribution is 0.392.